The second kappa shape index (κ2) is 8.34. The van der Waals surface area contributed by atoms with Gasteiger partial charge in [-0.25, -0.2) is 0 Å². The van der Waals surface area contributed by atoms with Crippen LogP contribution in [0.2, 0.25) is 10.0 Å². The van der Waals surface area contributed by atoms with E-state index in [1.54, 1.807) is 42.5 Å². The van der Waals surface area contributed by atoms with Gasteiger partial charge in [0.15, 0.2) is 0 Å². The van der Waals surface area contributed by atoms with Crippen molar-refractivity contribution < 1.29 is 27.6 Å². The maximum atomic E-state index is 14.3. The molecule has 0 radical (unpaired) electrons. The molecule has 188 valence electrons. The topological polar surface area (TPSA) is 58.6 Å². The number of halogens is 5. The van der Waals surface area contributed by atoms with Crippen molar-refractivity contribution in [3.8, 4) is 0 Å². The number of carbonyl (C=O) groups excluding carboxylic acids is 2. The van der Waals surface area contributed by atoms with Gasteiger partial charge in [0.05, 0.1) is 22.9 Å². The molecule has 3 aromatic rings. The fourth-order valence-corrected chi connectivity index (χ4v) is 5.80. The van der Waals surface area contributed by atoms with Gasteiger partial charge < -0.3 is 0 Å². The van der Waals surface area contributed by atoms with E-state index in [0.717, 1.165) is 29.3 Å². The Morgan fingerprint density at radius 3 is 2.22 bits per heavy atom. The number of alkyl halides is 3. The molecular formula is C27H17Cl2F3N2O3. The number of hydroxylamine groups is 1. The quantitative estimate of drug-likeness (QED) is 0.377. The van der Waals surface area contributed by atoms with Crippen LogP contribution < -0.4 is 5.48 Å². The summed E-state index contributed by atoms with van der Waals surface area (Å²) in [4.78, 5) is 32.4. The maximum Gasteiger partial charge on any atom is 0.428 e. The molecular weight excluding hydrogens is 528 g/mol. The van der Waals surface area contributed by atoms with Gasteiger partial charge in [0.1, 0.15) is 0 Å². The van der Waals surface area contributed by atoms with Crippen LogP contribution in [0.15, 0.2) is 66.7 Å². The van der Waals surface area contributed by atoms with Crippen LogP contribution in [0.1, 0.15) is 55.4 Å². The Morgan fingerprint density at radius 1 is 0.946 bits per heavy atom. The number of hydrogen-bond donors (Lipinski definition) is 1. The SMILES string of the molecule is O=C1c2ccccc2C(=O)N1C1CCc2cc(C3=CC(c4cc(Cl)cc(Cl)c4)(C(F)(F)F)ON3)ccc21. The van der Waals surface area contributed by atoms with Gasteiger partial charge in [0.2, 0.25) is 5.60 Å². The van der Waals surface area contributed by atoms with Gasteiger partial charge >= 0.3 is 6.18 Å². The van der Waals surface area contributed by atoms with Crippen molar-refractivity contribution >= 4 is 40.7 Å². The lowest BCUT2D eigenvalue weighted by Gasteiger charge is -2.28. The van der Waals surface area contributed by atoms with E-state index in [9.17, 15) is 22.8 Å². The molecule has 0 spiro atoms. The summed E-state index contributed by atoms with van der Waals surface area (Å²) in [5.41, 5.74) is 2.36. The number of nitrogens with one attached hydrogen (secondary N) is 1. The number of rotatable bonds is 3. The van der Waals surface area contributed by atoms with Crippen LogP contribution in [-0.4, -0.2) is 22.9 Å². The molecule has 2 amide bonds. The zero-order valence-corrected chi connectivity index (χ0v) is 20.4. The Balaban J connectivity index is 1.35. The second-order valence-corrected chi connectivity index (χ2v) is 10.0. The Labute approximate surface area is 219 Å². The van der Waals surface area contributed by atoms with Crippen LogP contribution >= 0.6 is 23.2 Å². The summed E-state index contributed by atoms with van der Waals surface area (Å²) in [6, 6.07) is 15.1. The fourth-order valence-electron chi connectivity index (χ4n) is 5.28. The van der Waals surface area contributed by atoms with Crippen molar-refractivity contribution in [2.75, 3.05) is 0 Å². The zero-order chi connectivity index (χ0) is 26.1. The van der Waals surface area contributed by atoms with E-state index in [4.69, 9.17) is 28.0 Å². The van der Waals surface area contributed by atoms with Crippen molar-refractivity contribution in [3.05, 3.63) is 110 Å². The first-order valence-corrected chi connectivity index (χ1v) is 12.1. The van der Waals surface area contributed by atoms with Crippen LogP contribution in [0, 0.1) is 0 Å². The lowest BCUT2D eigenvalue weighted by molar-refractivity contribution is -0.269. The highest BCUT2D eigenvalue weighted by atomic mass is 35.5. The second-order valence-electron chi connectivity index (χ2n) is 9.15. The van der Waals surface area contributed by atoms with Crippen molar-refractivity contribution in [2.24, 2.45) is 0 Å². The number of hydrogen-bond acceptors (Lipinski definition) is 4. The third kappa shape index (κ3) is 3.66. The number of amides is 2. The number of carbonyl (C=O) groups is 2. The summed E-state index contributed by atoms with van der Waals surface area (Å²) in [5, 5.41) is 0.0987. The van der Waals surface area contributed by atoms with Gasteiger partial charge in [-0.1, -0.05) is 47.5 Å². The first-order valence-electron chi connectivity index (χ1n) is 11.4. The molecule has 6 rings (SSSR count). The number of imide groups is 1. The maximum absolute atomic E-state index is 14.3. The molecule has 10 heteroatoms. The van der Waals surface area contributed by atoms with E-state index in [1.807, 2.05) is 0 Å². The molecule has 2 atom stereocenters. The Morgan fingerprint density at radius 2 is 1.59 bits per heavy atom. The molecule has 37 heavy (non-hydrogen) atoms. The molecule has 5 nitrogen and oxygen atoms in total. The smallest absolute Gasteiger partial charge is 0.269 e. The normalized spacial score (nSPS) is 22.7. The third-order valence-corrected chi connectivity index (χ3v) is 7.46. The number of fused-ring (bicyclic) bond motifs is 2. The average Bonchev–Trinajstić information content (AvgIpc) is 3.54. The highest BCUT2D eigenvalue weighted by Crippen LogP contribution is 2.49. The van der Waals surface area contributed by atoms with E-state index < -0.39 is 17.8 Å². The number of benzene rings is 3. The van der Waals surface area contributed by atoms with Crippen LogP contribution in [0.4, 0.5) is 13.2 Å². The number of nitrogens with zero attached hydrogens (tertiary/aromatic N) is 1. The van der Waals surface area contributed by atoms with Gasteiger partial charge in [-0.05, 0) is 72.0 Å². The summed E-state index contributed by atoms with van der Waals surface area (Å²) in [6.07, 6.45) is -2.76. The largest absolute Gasteiger partial charge is 0.428 e. The van der Waals surface area contributed by atoms with Crippen LogP contribution in [0.5, 0.6) is 0 Å². The van der Waals surface area contributed by atoms with E-state index in [2.05, 4.69) is 5.48 Å². The zero-order valence-electron chi connectivity index (χ0n) is 18.9. The molecule has 0 saturated carbocycles. The fraction of sp³-hybridized carbons (Fsp3) is 0.185. The van der Waals surface area contributed by atoms with Gasteiger partial charge in [-0.3, -0.25) is 24.8 Å². The van der Waals surface area contributed by atoms with E-state index in [0.29, 0.717) is 29.5 Å². The molecule has 0 bridgehead atoms. The van der Waals surface area contributed by atoms with Gasteiger partial charge in [0.25, 0.3) is 11.8 Å². The van der Waals surface area contributed by atoms with Crippen LogP contribution in [-0.2, 0) is 16.9 Å². The number of aryl methyl sites for hydroxylation is 1. The molecule has 3 aromatic carbocycles. The molecule has 1 N–H and O–H groups in total. The minimum Gasteiger partial charge on any atom is -0.269 e. The molecule has 0 saturated heterocycles. The first kappa shape index (κ1) is 24.0. The minimum absolute atomic E-state index is 0.0494. The van der Waals surface area contributed by atoms with Gasteiger partial charge in [0, 0.05) is 15.6 Å². The molecule has 3 aliphatic rings. The Kier molecular flexibility index (Phi) is 5.42. The van der Waals surface area contributed by atoms with Crippen molar-refractivity contribution in [2.45, 2.75) is 30.7 Å². The van der Waals surface area contributed by atoms with Crippen molar-refractivity contribution in [1.82, 2.24) is 10.4 Å². The van der Waals surface area contributed by atoms with Crippen LogP contribution in [0.25, 0.3) is 5.70 Å². The summed E-state index contributed by atoms with van der Waals surface area (Å²) in [6.45, 7) is 0. The molecule has 0 aromatic heterocycles. The summed E-state index contributed by atoms with van der Waals surface area (Å²) < 4.78 is 43.0. The monoisotopic (exact) mass is 544 g/mol. The van der Waals surface area contributed by atoms with Gasteiger partial charge in [-0.15, -0.1) is 0 Å². The summed E-state index contributed by atoms with van der Waals surface area (Å²) >= 11 is 12.0. The van der Waals surface area contributed by atoms with Crippen molar-refractivity contribution in [1.29, 1.82) is 0 Å². The van der Waals surface area contributed by atoms with Crippen LogP contribution in [0.3, 0.4) is 0 Å². The molecule has 2 heterocycles. The average molecular weight is 545 g/mol. The summed E-state index contributed by atoms with van der Waals surface area (Å²) in [5.74, 6) is -0.683. The van der Waals surface area contributed by atoms with E-state index in [1.165, 1.54) is 11.0 Å². The van der Waals surface area contributed by atoms with Crippen molar-refractivity contribution in [3.63, 3.8) is 0 Å². The standard InChI is InChI=1S/C27H17Cl2F3N2O3/c28-17-10-16(11-18(29)12-17)26(27(30,31)32)13-22(33-37-26)15-5-7-19-14(9-15)6-8-23(19)34-24(35)20-3-1-2-4-21(20)25(34)36/h1-5,7,9-13,23,33H,6,8H2. The van der Waals surface area contributed by atoms with E-state index in [-0.39, 0.29) is 33.1 Å². The minimum atomic E-state index is -4.82. The predicted octanol–water partition coefficient (Wildman–Crippen LogP) is 6.61. The first-order chi connectivity index (χ1) is 17.6. The molecule has 0 fully saturated rings. The Bertz CT molecular complexity index is 1470. The van der Waals surface area contributed by atoms with Gasteiger partial charge in [-0.2, -0.15) is 13.2 Å². The Hall–Kier alpha value is -3.33. The third-order valence-electron chi connectivity index (χ3n) is 7.02. The lowest BCUT2D eigenvalue weighted by atomic mass is 9.91. The molecule has 2 unspecified atom stereocenters. The lowest BCUT2D eigenvalue weighted by Crippen LogP contribution is -2.42. The predicted molar refractivity (Wildman–Crippen MR) is 131 cm³/mol. The summed E-state index contributed by atoms with van der Waals surface area (Å²) in [7, 11) is 0. The molecule has 2 aliphatic heterocycles. The molecule has 1 aliphatic carbocycles. The highest BCUT2D eigenvalue weighted by molar-refractivity contribution is 6.34. The highest BCUT2D eigenvalue weighted by Gasteiger charge is 2.59. The van der Waals surface area contributed by atoms with E-state index >= 15 is 0 Å².